The second-order valence-electron chi connectivity index (χ2n) is 7.00. The van der Waals surface area contributed by atoms with Gasteiger partial charge in [0.25, 0.3) is 5.91 Å². The predicted molar refractivity (Wildman–Crippen MR) is 106 cm³/mol. The molecule has 1 fully saturated rings. The lowest BCUT2D eigenvalue weighted by Crippen LogP contribution is -2.32. The van der Waals surface area contributed by atoms with Gasteiger partial charge in [0.1, 0.15) is 10.8 Å². The zero-order valence-electron chi connectivity index (χ0n) is 16.4. The summed E-state index contributed by atoms with van der Waals surface area (Å²) in [6.07, 6.45) is -3.21. The van der Waals surface area contributed by atoms with E-state index < -0.39 is 17.8 Å². The van der Waals surface area contributed by atoms with E-state index in [1.165, 1.54) is 7.11 Å². The standard InChI is InChI=1S/C20H18ClF3N4O3/c1-30-12-5-2-4-11(8-12)14-9-15(20(22,23)24)28-18(26-14)16(21)17(27-28)19(29)25-10-13-6-3-7-31-13/h2,4-5,8-9,13H,3,6-7,10H2,1H3,(H,25,29). The molecule has 1 N–H and O–H groups in total. The van der Waals surface area contributed by atoms with Crippen LogP contribution in [0.25, 0.3) is 16.9 Å². The average molecular weight is 455 g/mol. The summed E-state index contributed by atoms with van der Waals surface area (Å²) in [4.78, 5) is 16.8. The summed E-state index contributed by atoms with van der Waals surface area (Å²) >= 11 is 6.26. The van der Waals surface area contributed by atoms with Crippen molar-refractivity contribution in [2.75, 3.05) is 20.3 Å². The van der Waals surface area contributed by atoms with Crippen molar-refractivity contribution in [2.45, 2.75) is 25.1 Å². The van der Waals surface area contributed by atoms with Crippen LogP contribution in [0.1, 0.15) is 29.0 Å². The van der Waals surface area contributed by atoms with E-state index in [1.807, 2.05) is 0 Å². The van der Waals surface area contributed by atoms with Crippen LogP contribution in [0, 0.1) is 0 Å². The summed E-state index contributed by atoms with van der Waals surface area (Å²) < 4.78 is 52.5. The summed E-state index contributed by atoms with van der Waals surface area (Å²) in [5, 5.41) is 6.17. The summed E-state index contributed by atoms with van der Waals surface area (Å²) in [7, 11) is 1.45. The van der Waals surface area contributed by atoms with Crippen molar-refractivity contribution in [3.05, 3.63) is 46.7 Å². The molecule has 31 heavy (non-hydrogen) atoms. The SMILES string of the molecule is COc1cccc(-c2cc(C(F)(F)F)n3nc(C(=O)NCC4CCCO4)c(Cl)c3n2)c1. The molecule has 0 saturated carbocycles. The molecule has 4 rings (SSSR count). The Hall–Kier alpha value is -2.85. The Bertz CT molecular complexity index is 1130. The highest BCUT2D eigenvalue weighted by Gasteiger charge is 2.37. The van der Waals surface area contributed by atoms with E-state index in [1.54, 1.807) is 24.3 Å². The molecular formula is C20H18ClF3N4O3. The van der Waals surface area contributed by atoms with Gasteiger partial charge in [0.05, 0.1) is 18.9 Å². The minimum absolute atomic E-state index is 0.0202. The summed E-state index contributed by atoms with van der Waals surface area (Å²) in [6.45, 7) is 0.833. The van der Waals surface area contributed by atoms with E-state index in [2.05, 4.69) is 15.4 Å². The first-order chi connectivity index (χ1) is 14.8. The van der Waals surface area contributed by atoms with E-state index in [4.69, 9.17) is 21.1 Å². The fourth-order valence-corrected chi connectivity index (χ4v) is 3.61. The third kappa shape index (κ3) is 4.31. The molecular weight excluding hydrogens is 437 g/mol. The number of rotatable bonds is 5. The van der Waals surface area contributed by atoms with Crippen LogP contribution in [-0.4, -0.2) is 46.9 Å². The molecule has 0 bridgehead atoms. The van der Waals surface area contributed by atoms with Gasteiger partial charge < -0.3 is 14.8 Å². The largest absolute Gasteiger partial charge is 0.497 e. The third-order valence-corrected chi connectivity index (χ3v) is 5.27. The molecule has 11 heteroatoms. The highest BCUT2D eigenvalue weighted by Crippen LogP contribution is 2.35. The number of hydrogen-bond donors (Lipinski definition) is 1. The number of nitrogens with zero attached hydrogens (tertiary/aromatic N) is 3. The fraction of sp³-hybridized carbons (Fsp3) is 0.350. The van der Waals surface area contributed by atoms with Gasteiger partial charge in [-0.05, 0) is 31.0 Å². The first kappa shape index (κ1) is 21.4. The highest BCUT2D eigenvalue weighted by atomic mass is 35.5. The van der Waals surface area contributed by atoms with Crippen LogP contribution >= 0.6 is 11.6 Å². The molecule has 1 unspecified atom stereocenters. The number of hydrogen-bond acceptors (Lipinski definition) is 5. The van der Waals surface area contributed by atoms with Gasteiger partial charge >= 0.3 is 6.18 Å². The molecule has 1 amide bonds. The molecule has 0 spiro atoms. The lowest BCUT2D eigenvalue weighted by molar-refractivity contribution is -0.142. The Morgan fingerprint density at radius 2 is 2.19 bits per heavy atom. The van der Waals surface area contributed by atoms with Crippen LogP contribution in [0.3, 0.4) is 0 Å². The smallest absolute Gasteiger partial charge is 0.433 e. The van der Waals surface area contributed by atoms with E-state index in [9.17, 15) is 18.0 Å². The lowest BCUT2D eigenvalue weighted by Gasteiger charge is -2.11. The van der Waals surface area contributed by atoms with E-state index in [-0.39, 0.29) is 34.7 Å². The van der Waals surface area contributed by atoms with Gasteiger partial charge in [-0.25, -0.2) is 9.50 Å². The molecule has 3 heterocycles. The molecule has 0 aliphatic carbocycles. The zero-order valence-corrected chi connectivity index (χ0v) is 17.1. The van der Waals surface area contributed by atoms with Crippen LogP contribution in [-0.2, 0) is 10.9 Å². The third-order valence-electron chi connectivity index (χ3n) is 4.92. The number of halogens is 4. The number of benzene rings is 1. The van der Waals surface area contributed by atoms with Crippen molar-refractivity contribution in [3.63, 3.8) is 0 Å². The molecule has 1 aromatic carbocycles. The topological polar surface area (TPSA) is 77.8 Å². The first-order valence-electron chi connectivity index (χ1n) is 9.48. The summed E-state index contributed by atoms with van der Waals surface area (Å²) in [5.41, 5.74) is -1.28. The quantitative estimate of drug-likeness (QED) is 0.631. The molecule has 2 aromatic heterocycles. The van der Waals surface area contributed by atoms with Crippen LogP contribution in [0.15, 0.2) is 30.3 Å². The second kappa shape index (κ2) is 8.35. The van der Waals surface area contributed by atoms with Gasteiger partial charge in [-0.1, -0.05) is 23.7 Å². The lowest BCUT2D eigenvalue weighted by atomic mass is 10.1. The maximum Gasteiger partial charge on any atom is 0.433 e. The van der Waals surface area contributed by atoms with E-state index in [0.29, 0.717) is 22.4 Å². The maximum absolute atomic E-state index is 13.8. The Morgan fingerprint density at radius 1 is 1.39 bits per heavy atom. The van der Waals surface area contributed by atoms with Crippen molar-refractivity contribution < 1.29 is 27.4 Å². The van der Waals surface area contributed by atoms with Gasteiger partial charge in [-0.15, -0.1) is 0 Å². The van der Waals surface area contributed by atoms with Crippen molar-refractivity contribution in [1.82, 2.24) is 19.9 Å². The van der Waals surface area contributed by atoms with Gasteiger partial charge in [0, 0.05) is 18.7 Å². The number of ether oxygens (including phenoxy) is 2. The predicted octanol–water partition coefficient (Wildman–Crippen LogP) is 3.99. The summed E-state index contributed by atoms with van der Waals surface area (Å²) in [5.74, 6) is -0.233. The van der Waals surface area contributed by atoms with Gasteiger partial charge in [-0.3, -0.25) is 4.79 Å². The van der Waals surface area contributed by atoms with Crippen LogP contribution < -0.4 is 10.1 Å². The summed E-state index contributed by atoms with van der Waals surface area (Å²) in [6, 6.07) is 7.31. The van der Waals surface area contributed by atoms with E-state index in [0.717, 1.165) is 18.9 Å². The minimum Gasteiger partial charge on any atom is -0.497 e. The molecule has 0 radical (unpaired) electrons. The molecule has 1 saturated heterocycles. The normalized spacial score (nSPS) is 16.6. The van der Waals surface area contributed by atoms with Crippen molar-refractivity contribution in [3.8, 4) is 17.0 Å². The molecule has 7 nitrogen and oxygen atoms in total. The van der Waals surface area contributed by atoms with Crippen molar-refractivity contribution in [1.29, 1.82) is 0 Å². The Morgan fingerprint density at radius 3 is 2.87 bits per heavy atom. The zero-order chi connectivity index (χ0) is 22.2. The monoisotopic (exact) mass is 454 g/mol. The highest BCUT2D eigenvalue weighted by molar-refractivity contribution is 6.36. The van der Waals surface area contributed by atoms with Crippen LogP contribution in [0.4, 0.5) is 13.2 Å². The van der Waals surface area contributed by atoms with Gasteiger partial charge in [0.15, 0.2) is 17.0 Å². The number of carbonyl (C=O) groups is 1. The van der Waals surface area contributed by atoms with Crippen LogP contribution in [0.2, 0.25) is 5.02 Å². The number of carbonyl (C=O) groups excluding carboxylic acids is 1. The fourth-order valence-electron chi connectivity index (χ4n) is 3.36. The second-order valence-corrected chi connectivity index (χ2v) is 7.38. The Balaban J connectivity index is 1.77. The number of alkyl halides is 3. The maximum atomic E-state index is 13.8. The molecule has 1 aliphatic heterocycles. The van der Waals surface area contributed by atoms with Crippen molar-refractivity contribution in [2.24, 2.45) is 0 Å². The number of amides is 1. The van der Waals surface area contributed by atoms with Crippen molar-refractivity contribution >= 4 is 23.2 Å². The molecule has 3 aromatic rings. The van der Waals surface area contributed by atoms with Crippen LogP contribution in [0.5, 0.6) is 5.75 Å². The minimum atomic E-state index is -4.75. The number of fused-ring (bicyclic) bond motifs is 1. The number of aromatic nitrogens is 3. The molecule has 1 aliphatic rings. The number of nitrogens with one attached hydrogen (secondary N) is 1. The average Bonchev–Trinajstić information content (AvgIpc) is 3.39. The van der Waals surface area contributed by atoms with Gasteiger partial charge in [-0.2, -0.15) is 18.3 Å². The Kier molecular flexibility index (Phi) is 5.76. The van der Waals surface area contributed by atoms with E-state index >= 15 is 0 Å². The first-order valence-corrected chi connectivity index (χ1v) is 9.86. The number of methoxy groups -OCH3 is 1. The van der Waals surface area contributed by atoms with Gasteiger partial charge in [0.2, 0.25) is 0 Å². The molecule has 1 atom stereocenters. The molecule has 164 valence electrons. The Labute approximate surface area is 180 Å².